The lowest BCUT2D eigenvalue weighted by atomic mass is 10.0. The average Bonchev–Trinajstić information content (AvgIpc) is 2.90. The maximum Gasteiger partial charge on any atom is 0.325 e. The van der Waals surface area contributed by atoms with Gasteiger partial charge in [0, 0.05) is 42.2 Å². The number of hydrogen-bond donors (Lipinski definition) is 2. The van der Waals surface area contributed by atoms with Gasteiger partial charge < -0.3 is 15.0 Å². The number of morpholine rings is 1. The van der Waals surface area contributed by atoms with Crippen LogP contribution in [0.25, 0.3) is 0 Å². The Bertz CT molecular complexity index is 1220. The summed E-state index contributed by atoms with van der Waals surface area (Å²) in [5, 5.41) is 2.87. The monoisotopic (exact) mass is 492 g/mol. The largest absolute Gasteiger partial charge is 0.378 e. The van der Waals surface area contributed by atoms with Gasteiger partial charge in [-0.1, -0.05) is 34.6 Å². The number of nitrogens with zero attached hydrogens (tertiary/aromatic N) is 2. The molecule has 1 atom stereocenters. The summed E-state index contributed by atoms with van der Waals surface area (Å²) in [6, 6.07) is 22.7. The van der Waals surface area contributed by atoms with E-state index in [-0.39, 0.29) is 5.91 Å². The van der Waals surface area contributed by atoms with Crippen molar-refractivity contribution in [2.45, 2.75) is 24.3 Å². The minimum Gasteiger partial charge on any atom is -0.378 e. The summed E-state index contributed by atoms with van der Waals surface area (Å²) in [5.41, 5.74) is 4.98. The summed E-state index contributed by atoms with van der Waals surface area (Å²) in [6.45, 7) is 3.54. The normalized spacial score (nSPS) is 17.9. The van der Waals surface area contributed by atoms with Crippen LogP contribution < -0.4 is 10.2 Å². The molecule has 0 aliphatic carbocycles. The fourth-order valence-corrected chi connectivity index (χ4v) is 6.05. The van der Waals surface area contributed by atoms with Crippen molar-refractivity contribution in [2.75, 3.05) is 43.1 Å². The Morgan fingerprint density at radius 3 is 2.40 bits per heavy atom. The van der Waals surface area contributed by atoms with Crippen molar-refractivity contribution in [3.05, 3.63) is 89.5 Å². The summed E-state index contributed by atoms with van der Waals surface area (Å²) in [4.78, 5) is 15.5. The number of hydrogen-bond acceptors (Lipinski definition) is 4. The standard InChI is InChI=1S/C27H29N3O4S/c31-27(28-24-11-13-25(14-12-24)35(32,33)30-16-18-34-19-17-30)23-9-7-21(8-10-23)20-29-15-3-5-22-4-1-2-6-26(22)29/h1-2,4,6-14H,3,5,15-20H2,(H-,28,31,32,33)/p+1. The highest BCUT2D eigenvalue weighted by molar-refractivity contribution is 7.95. The second kappa shape index (κ2) is 10.3. The van der Waals surface area contributed by atoms with E-state index in [0.717, 1.165) is 31.5 Å². The fourth-order valence-electron chi connectivity index (χ4n) is 4.62. The van der Waals surface area contributed by atoms with E-state index in [2.05, 4.69) is 34.5 Å². The average molecular weight is 493 g/mol. The van der Waals surface area contributed by atoms with Gasteiger partial charge in [0.2, 0.25) is 4.90 Å². The number of amides is 1. The van der Waals surface area contributed by atoms with Crippen LogP contribution in [0.2, 0.25) is 0 Å². The maximum atomic E-state index is 12.9. The topological polar surface area (TPSA) is 82.1 Å². The van der Waals surface area contributed by atoms with E-state index in [4.69, 9.17) is 4.74 Å². The van der Waals surface area contributed by atoms with Gasteiger partial charge in [-0.3, -0.25) is 4.79 Å². The summed E-state index contributed by atoms with van der Waals surface area (Å²) in [5.74, 6) is -0.217. The van der Waals surface area contributed by atoms with E-state index in [9.17, 15) is 13.6 Å². The van der Waals surface area contributed by atoms with Crippen LogP contribution >= 0.6 is 0 Å². The van der Waals surface area contributed by atoms with Crippen molar-refractivity contribution in [3.8, 4) is 0 Å². The number of fused-ring (bicyclic) bond motifs is 1. The molecule has 182 valence electrons. The quantitative estimate of drug-likeness (QED) is 0.496. The molecule has 1 amide bonds. The number of ether oxygens (including phenoxy) is 1. The second-order valence-corrected chi connectivity index (χ2v) is 10.8. The molecule has 0 bridgehead atoms. The molecule has 0 radical (unpaired) electrons. The minimum atomic E-state index is -3.31. The van der Waals surface area contributed by atoms with Crippen molar-refractivity contribution < 1.29 is 18.3 Å². The lowest BCUT2D eigenvalue weighted by molar-refractivity contribution is 0.0700. The van der Waals surface area contributed by atoms with Gasteiger partial charge in [0.15, 0.2) is 0 Å². The van der Waals surface area contributed by atoms with Crippen LogP contribution in [0.5, 0.6) is 0 Å². The summed E-state index contributed by atoms with van der Waals surface area (Å²) < 4.78 is 30.2. The summed E-state index contributed by atoms with van der Waals surface area (Å²) >= 11 is 0. The van der Waals surface area contributed by atoms with Gasteiger partial charge in [0.05, 0.1) is 26.3 Å². The summed E-state index contributed by atoms with van der Waals surface area (Å²) in [7, 11) is -3.31. The van der Waals surface area contributed by atoms with E-state index in [0.29, 0.717) is 42.4 Å². The zero-order valence-corrected chi connectivity index (χ0v) is 20.4. The van der Waals surface area contributed by atoms with Crippen molar-refractivity contribution in [1.82, 2.24) is 4.31 Å². The third-order valence-electron chi connectivity index (χ3n) is 6.54. The van der Waals surface area contributed by atoms with Gasteiger partial charge in [-0.25, -0.2) is 0 Å². The fraction of sp³-hybridized carbons (Fsp3) is 0.296. The highest BCUT2D eigenvalue weighted by Crippen LogP contribution is 2.28. The molecule has 2 N–H and O–H groups in total. The van der Waals surface area contributed by atoms with Crippen LogP contribution in [0, 0.1) is 0 Å². The molecule has 2 heterocycles. The number of nitrogens with one attached hydrogen (secondary N) is 1. The van der Waals surface area contributed by atoms with Crippen LogP contribution in [-0.2, 0) is 32.3 Å². The molecule has 0 aromatic heterocycles. The van der Waals surface area contributed by atoms with E-state index in [1.807, 2.05) is 24.3 Å². The molecule has 2 aliphatic rings. The van der Waals surface area contributed by atoms with Crippen LogP contribution in [-0.4, -0.2) is 47.6 Å². The molecular formula is C27H30N3O4S+. The minimum absolute atomic E-state index is 0.217. The van der Waals surface area contributed by atoms with Crippen molar-refractivity contribution in [3.63, 3.8) is 0 Å². The number of benzene rings is 3. The van der Waals surface area contributed by atoms with Crippen LogP contribution in [0.4, 0.5) is 11.4 Å². The number of rotatable bonds is 6. The number of para-hydroxylation sites is 1. The van der Waals surface area contributed by atoms with Crippen molar-refractivity contribution in [2.24, 2.45) is 0 Å². The predicted molar refractivity (Wildman–Crippen MR) is 138 cm³/mol. The zero-order chi connectivity index (χ0) is 24.3. The van der Waals surface area contributed by atoms with Gasteiger partial charge in [0.1, 0.15) is 0 Å². The van der Waals surface area contributed by atoms with Gasteiger partial charge in [0.25, 0.3) is 5.91 Å². The summed E-state index contributed by atoms with van der Waals surface area (Å²) in [6.07, 6.45) is 2.27. The van der Waals surface area contributed by atoms with Gasteiger partial charge in [-0.05, 0) is 58.5 Å². The van der Waals surface area contributed by atoms with E-state index >= 15 is 0 Å². The third-order valence-corrected chi connectivity index (χ3v) is 8.49. The second-order valence-electron chi connectivity index (χ2n) is 8.87. The van der Waals surface area contributed by atoms with Crippen molar-refractivity contribution >= 4 is 27.7 Å². The van der Waals surface area contributed by atoms with E-state index in [1.165, 1.54) is 15.6 Å². The number of carbonyl (C=O) groups excluding carboxylic acids is 1. The van der Waals surface area contributed by atoms with Gasteiger partial charge in [-0.15, -0.1) is 0 Å². The Morgan fingerprint density at radius 2 is 1.66 bits per heavy atom. The molecule has 35 heavy (non-hydrogen) atoms. The van der Waals surface area contributed by atoms with Crippen molar-refractivity contribution in [1.29, 1.82) is 0 Å². The smallest absolute Gasteiger partial charge is 0.325 e. The molecule has 1 fully saturated rings. The van der Waals surface area contributed by atoms with Crippen LogP contribution in [0.15, 0.2) is 77.7 Å². The molecule has 8 heteroatoms. The number of anilines is 2. The first-order valence-electron chi connectivity index (χ1n) is 11.9. The maximum absolute atomic E-state index is 12.9. The van der Waals surface area contributed by atoms with E-state index < -0.39 is 10.4 Å². The lowest BCUT2D eigenvalue weighted by Crippen LogP contribution is -2.43. The number of carbonyl (C=O) groups is 1. The molecule has 7 nitrogen and oxygen atoms in total. The molecular weight excluding hydrogens is 462 g/mol. The van der Waals surface area contributed by atoms with Gasteiger partial charge >= 0.3 is 10.4 Å². The predicted octanol–water partition coefficient (Wildman–Crippen LogP) is 4.47. The molecule has 0 saturated carbocycles. The number of aryl methyl sites for hydroxylation is 1. The Morgan fingerprint density at radius 1 is 0.943 bits per heavy atom. The molecule has 1 saturated heterocycles. The first-order chi connectivity index (χ1) is 17.0. The molecule has 3 aromatic rings. The molecule has 3 aromatic carbocycles. The van der Waals surface area contributed by atoms with Crippen LogP contribution in [0.3, 0.4) is 0 Å². The highest BCUT2D eigenvalue weighted by Gasteiger charge is 2.39. The molecule has 1 unspecified atom stereocenters. The van der Waals surface area contributed by atoms with Crippen LogP contribution in [0.1, 0.15) is 27.9 Å². The Hall–Kier alpha value is -3.04. The van der Waals surface area contributed by atoms with Gasteiger partial charge in [-0.2, -0.15) is 4.55 Å². The Kier molecular flexibility index (Phi) is 6.97. The molecule has 5 rings (SSSR count). The Labute approximate surface area is 207 Å². The first-order valence-corrected chi connectivity index (χ1v) is 13.4. The van der Waals surface area contributed by atoms with E-state index in [1.54, 1.807) is 24.3 Å². The Balaban J connectivity index is 1.21. The molecule has 0 spiro atoms. The zero-order valence-electron chi connectivity index (χ0n) is 19.6. The lowest BCUT2D eigenvalue weighted by Gasteiger charge is -2.31. The first kappa shape index (κ1) is 23.7. The highest BCUT2D eigenvalue weighted by atomic mass is 32.3. The third kappa shape index (κ3) is 5.31. The molecule has 2 aliphatic heterocycles. The SMILES string of the molecule is O=C(Nc1ccc([S+](=O)(O)N2CCOCC2)cc1)c1ccc(CN2CCCc3ccccc32)cc1.